The molecule has 5 nitrogen and oxygen atoms in total. The molecule has 110 valence electrons. The number of hydrogen-bond donors (Lipinski definition) is 2. The molecule has 2 aliphatic rings. The summed E-state index contributed by atoms with van der Waals surface area (Å²) in [5.74, 6) is 0.127. The number of carbonyl (C=O) groups excluding carboxylic acids is 1. The fourth-order valence-electron chi connectivity index (χ4n) is 3.05. The van der Waals surface area contributed by atoms with Crippen molar-refractivity contribution in [2.24, 2.45) is 0 Å². The van der Waals surface area contributed by atoms with E-state index in [9.17, 15) is 4.79 Å². The van der Waals surface area contributed by atoms with Crippen molar-refractivity contribution in [3.8, 4) is 0 Å². The zero-order valence-electron chi connectivity index (χ0n) is 12.3. The number of likely N-dealkylation sites (tertiary alicyclic amines) is 2. The molecule has 2 saturated heterocycles. The van der Waals surface area contributed by atoms with E-state index < -0.39 is 0 Å². The summed E-state index contributed by atoms with van der Waals surface area (Å²) in [6.07, 6.45) is 4.89. The van der Waals surface area contributed by atoms with Gasteiger partial charge in [-0.3, -0.25) is 9.69 Å². The first-order valence-corrected chi connectivity index (χ1v) is 7.55. The maximum Gasteiger partial charge on any atom is 0.233 e. The second-order valence-electron chi connectivity index (χ2n) is 5.97. The molecule has 0 radical (unpaired) electrons. The summed E-state index contributed by atoms with van der Waals surface area (Å²) in [6.45, 7) is 5.06. The second-order valence-corrected chi connectivity index (χ2v) is 5.97. The summed E-state index contributed by atoms with van der Waals surface area (Å²) in [7, 11) is 3.91. The molecule has 0 saturated carbocycles. The highest BCUT2D eigenvalue weighted by Crippen LogP contribution is 2.14. The molecule has 2 aliphatic heterocycles. The molecule has 0 spiro atoms. The molecule has 0 aromatic rings. The van der Waals surface area contributed by atoms with Crippen LogP contribution < -0.4 is 10.6 Å². The van der Waals surface area contributed by atoms with Crippen LogP contribution in [0, 0.1) is 0 Å². The average Bonchev–Trinajstić information content (AvgIpc) is 2.43. The Kier molecular flexibility index (Phi) is 5.60. The van der Waals surface area contributed by atoms with Gasteiger partial charge in [-0.2, -0.15) is 0 Å². The maximum absolute atomic E-state index is 11.3. The van der Waals surface area contributed by atoms with E-state index in [4.69, 9.17) is 0 Å². The molecule has 1 amide bonds. The highest BCUT2D eigenvalue weighted by molar-refractivity contribution is 5.77. The zero-order chi connectivity index (χ0) is 13.7. The predicted octanol–water partition coefficient (Wildman–Crippen LogP) is -0.119. The van der Waals surface area contributed by atoms with E-state index in [0.717, 1.165) is 13.1 Å². The lowest BCUT2D eigenvalue weighted by atomic mass is 10.00. The molecular weight excluding hydrogens is 240 g/mol. The average molecular weight is 268 g/mol. The number of nitrogens with zero attached hydrogens (tertiary/aromatic N) is 2. The number of amides is 1. The first kappa shape index (κ1) is 14.8. The van der Waals surface area contributed by atoms with Gasteiger partial charge in [0, 0.05) is 32.2 Å². The van der Waals surface area contributed by atoms with Crippen LogP contribution in [0.25, 0.3) is 0 Å². The number of likely N-dealkylation sites (N-methyl/N-ethyl adjacent to an activating group) is 1. The zero-order valence-corrected chi connectivity index (χ0v) is 12.3. The molecule has 19 heavy (non-hydrogen) atoms. The van der Waals surface area contributed by atoms with Crippen molar-refractivity contribution in [1.82, 2.24) is 20.4 Å². The van der Waals surface area contributed by atoms with Crippen molar-refractivity contribution in [3.05, 3.63) is 0 Å². The van der Waals surface area contributed by atoms with E-state index >= 15 is 0 Å². The van der Waals surface area contributed by atoms with E-state index in [1.807, 2.05) is 0 Å². The third-order valence-electron chi connectivity index (χ3n) is 4.42. The van der Waals surface area contributed by atoms with Crippen LogP contribution in [0.2, 0.25) is 0 Å². The Morgan fingerprint density at radius 1 is 1.05 bits per heavy atom. The van der Waals surface area contributed by atoms with E-state index in [1.54, 1.807) is 7.05 Å². The van der Waals surface area contributed by atoms with Gasteiger partial charge in [0.25, 0.3) is 0 Å². The number of carbonyl (C=O) groups is 1. The molecule has 2 rings (SSSR count). The Bertz CT molecular complexity index is 281. The van der Waals surface area contributed by atoms with E-state index in [-0.39, 0.29) is 5.91 Å². The van der Waals surface area contributed by atoms with Gasteiger partial charge in [0.1, 0.15) is 0 Å². The number of rotatable bonds is 4. The second kappa shape index (κ2) is 7.22. The number of hydrogen-bond acceptors (Lipinski definition) is 4. The van der Waals surface area contributed by atoms with E-state index in [1.165, 1.54) is 38.8 Å². The quantitative estimate of drug-likeness (QED) is 0.746. The Balaban J connectivity index is 1.64. The lowest BCUT2D eigenvalue weighted by Crippen LogP contribution is -2.50. The lowest BCUT2D eigenvalue weighted by molar-refractivity contribution is -0.122. The van der Waals surface area contributed by atoms with Crippen LogP contribution in [-0.4, -0.2) is 74.6 Å². The molecule has 0 unspecified atom stereocenters. The Morgan fingerprint density at radius 3 is 2.11 bits per heavy atom. The Labute approximate surface area is 116 Å². The van der Waals surface area contributed by atoms with Crippen molar-refractivity contribution in [1.29, 1.82) is 0 Å². The van der Waals surface area contributed by atoms with Crippen molar-refractivity contribution in [3.63, 3.8) is 0 Å². The fourth-order valence-corrected chi connectivity index (χ4v) is 3.05. The monoisotopic (exact) mass is 268 g/mol. The minimum absolute atomic E-state index is 0.127. The summed E-state index contributed by atoms with van der Waals surface area (Å²) in [5, 5.41) is 6.50. The minimum atomic E-state index is 0.127. The van der Waals surface area contributed by atoms with Gasteiger partial charge in [-0.05, 0) is 45.8 Å². The van der Waals surface area contributed by atoms with Gasteiger partial charge in [0.15, 0.2) is 0 Å². The largest absolute Gasteiger partial charge is 0.358 e. The Hall–Kier alpha value is -0.650. The number of nitrogens with one attached hydrogen (secondary N) is 2. The molecule has 0 aromatic heterocycles. The van der Waals surface area contributed by atoms with Crippen LogP contribution in [0.1, 0.15) is 25.7 Å². The first-order valence-electron chi connectivity index (χ1n) is 7.55. The van der Waals surface area contributed by atoms with Crippen LogP contribution in [0.3, 0.4) is 0 Å². The predicted molar refractivity (Wildman–Crippen MR) is 77.2 cm³/mol. The van der Waals surface area contributed by atoms with Crippen molar-refractivity contribution in [2.75, 3.05) is 46.8 Å². The summed E-state index contributed by atoms with van der Waals surface area (Å²) >= 11 is 0. The van der Waals surface area contributed by atoms with Crippen LogP contribution in [-0.2, 0) is 4.79 Å². The molecule has 2 N–H and O–H groups in total. The highest BCUT2D eigenvalue weighted by Gasteiger charge is 2.24. The molecule has 0 bridgehead atoms. The van der Waals surface area contributed by atoms with Crippen LogP contribution in [0.15, 0.2) is 0 Å². The summed E-state index contributed by atoms with van der Waals surface area (Å²) < 4.78 is 0. The van der Waals surface area contributed by atoms with Crippen molar-refractivity contribution >= 4 is 5.91 Å². The highest BCUT2D eigenvalue weighted by atomic mass is 16.1. The lowest BCUT2D eigenvalue weighted by Gasteiger charge is -2.36. The van der Waals surface area contributed by atoms with Gasteiger partial charge < -0.3 is 15.5 Å². The van der Waals surface area contributed by atoms with Gasteiger partial charge >= 0.3 is 0 Å². The third kappa shape index (κ3) is 4.75. The third-order valence-corrected chi connectivity index (χ3v) is 4.42. The van der Waals surface area contributed by atoms with Crippen LogP contribution in [0.5, 0.6) is 0 Å². The molecule has 0 aliphatic carbocycles. The molecule has 0 aromatic carbocycles. The molecule has 2 fully saturated rings. The summed E-state index contributed by atoms with van der Waals surface area (Å²) in [5.41, 5.74) is 0. The van der Waals surface area contributed by atoms with Gasteiger partial charge in [-0.1, -0.05) is 0 Å². The summed E-state index contributed by atoms with van der Waals surface area (Å²) in [4.78, 5) is 16.0. The van der Waals surface area contributed by atoms with Gasteiger partial charge in [0.05, 0.1) is 6.54 Å². The van der Waals surface area contributed by atoms with E-state index in [2.05, 4.69) is 27.5 Å². The minimum Gasteiger partial charge on any atom is -0.358 e. The SMILES string of the molecule is CNC(=O)CN1CCC(NC2CCN(C)CC2)CC1. The molecule has 0 atom stereocenters. The van der Waals surface area contributed by atoms with Crippen LogP contribution in [0.4, 0.5) is 0 Å². The molecule has 2 heterocycles. The first-order chi connectivity index (χ1) is 9.17. The van der Waals surface area contributed by atoms with Crippen molar-refractivity contribution in [2.45, 2.75) is 37.8 Å². The van der Waals surface area contributed by atoms with Gasteiger partial charge in [0.2, 0.25) is 5.91 Å². The maximum atomic E-state index is 11.3. The van der Waals surface area contributed by atoms with Crippen molar-refractivity contribution < 1.29 is 4.79 Å². The normalized spacial score (nSPS) is 24.5. The van der Waals surface area contributed by atoms with Crippen LogP contribution >= 0.6 is 0 Å². The fraction of sp³-hybridized carbons (Fsp3) is 0.929. The van der Waals surface area contributed by atoms with Gasteiger partial charge in [-0.15, -0.1) is 0 Å². The smallest absolute Gasteiger partial charge is 0.233 e. The van der Waals surface area contributed by atoms with Gasteiger partial charge in [-0.25, -0.2) is 0 Å². The number of piperidine rings is 2. The molecular formula is C14H28N4O. The van der Waals surface area contributed by atoms with E-state index in [0.29, 0.717) is 18.6 Å². The topological polar surface area (TPSA) is 47.6 Å². The summed E-state index contributed by atoms with van der Waals surface area (Å²) in [6, 6.07) is 1.35. The molecule has 5 heteroatoms. The Morgan fingerprint density at radius 2 is 1.58 bits per heavy atom. The standard InChI is InChI=1S/C14H28N4O/c1-15-14(19)11-18-9-5-13(6-10-18)16-12-3-7-17(2)8-4-12/h12-13,16H,3-11H2,1-2H3,(H,15,19).